The highest BCUT2D eigenvalue weighted by Gasteiger charge is 1.97. The molecule has 2 heteroatoms. The summed E-state index contributed by atoms with van der Waals surface area (Å²) in [5.41, 5.74) is 0. The summed E-state index contributed by atoms with van der Waals surface area (Å²) in [7, 11) is 0. The summed E-state index contributed by atoms with van der Waals surface area (Å²) in [5, 5.41) is 0. The molecule has 0 aromatic carbocycles. The second kappa shape index (κ2) is 10.3. The van der Waals surface area contributed by atoms with Gasteiger partial charge in [-0.25, -0.2) is 4.99 Å². The highest BCUT2D eigenvalue weighted by Crippen LogP contribution is 2.11. The van der Waals surface area contributed by atoms with Gasteiger partial charge in [-0.15, -0.1) is 0 Å². The smallest absolute Gasteiger partial charge is 0.164 e. The number of hydrogen-bond acceptors (Lipinski definition) is 2. The zero-order valence-electron chi connectivity index (χ0n) is 10.9. The minimum atomic E-state index is 0.181. The molecule has 1 aliphatic rings. The average Bonchev–Trinajstić information content (AvgIpc) is 2.32. The zero-order valence-corrected chi connectivity index (χ0v) is 10.9. The Bertz CT molecular complexity index is 264. The van der Waals surface area contributed by atoms with E-state index in [-0.39, 0.29) is 5.78 Å². The van der Waals surface area contributed by atoms with Crippen LogP contribution in [0.2, 0.25) is 0 Å². The van der Waals surface area contributed by atoms with E-state index in [1.54, 1.807) is 0 Å². The first kappa shape index (κ1) is 14.2. The van der Waals surface area contributed by atoms with E-state index in [0.717, 1.165) is 19.4 Å². The molecule has 0 aromatic rings. The molecular formula is C15H25NO. The van der Waals surface area contributed by atoms with E-state index >= 15 is 0 Å². The van der Waals surface area contributed by atoms with Crippen molar-refractivity contribution in [3.05, 3.63) is 6.08 Å². The summed E-state index contributed by atoms with van der Waals surface area (Å²) >= 11 is 0. The van der Waals surface area contributed by atoms with Crippen LogP contribution in [0.1, 0.15) is 70.6 Å². The number of hydrogen-bond donors (Lipinski definition) is 0. The Kier molecular flexibility index (Phi) is 8.58. The van der Waals surface area contributed by atoms with Crippen LogP contribution >= 0.6 is 0 Å². The van der Waals surface area contributed by atoms with Crippen molar-refractivity contribution in [3.8, 4) is 0 Å². The fraction of sp³-hybridized carbons (Fsp3) is 0.800. The van der Waals surface area contributed by atoms with Crippen molar-refractivity contribution < 1.29 is 4.79 Å². The molecular weight excluding hydrogens is 210 g/mol. The van der Waals surface area contributed by atoms with Gasteiger partial charge in [-0.05, 0) is 18.7 Å². The second-order valence-electron chi connectivity index (χ2n) is 4.91. The Morgan fingerprint density at radius 1 is 0.824 bits per heavy atom. The lowest BCUT2D eigenvalue weighted by molar-refractivity contribution is -0.114. The topological polar surface area (TPSA) is 29.4 Å². The average molecular weight is 235 g/mol. The van der Waals surface area contributed by atoms with Gasteiger partial charge in [0, 0.05) is 19.0 Å². The third kappa shape index (κ3) is 8.88. The summed E-state index contributed by atoms with van der Waals surface area (Å²) < 4.78 is 0. The van der Waals surface area contributed by atoms with Crippen LogP contribution in [0, 0.1) is 0 Å². The van der Waals surface area contributed by atoms with Crippen LogP contribution in [-0.2, 0) is 4.79 Å². The SMILES string of the molecule is O=C1C=C=NCCCCCCCCCCCC1. The molecule has 0 unspecified atom stereocenters. The summed E-state index contributed by atoms with van der Waals surface area (Å²) in [4.78, 5) is 15.5. The zero-order chi connectivity index (χ0) is 12.2. The van der Waals surface area contributed by atoms with Gasteiger partial charge in [-0.1, -0.05) is 51.4 Å². The maximum atomic E-state index is 11.4. The van der Waals surface area contributed by atoms with Crippen molar-refractivity contribution in [1.82, 2.24) is 0 Å². The third-order valence-electron chi connectivity index (χ3n) is 3.26. The van der Waals surface area contributed by atoms with Gasteiger partial charge in [0.05, 0.1) is 0 Å². The lowest BCUT2D eigenvalue weighted by Crippen LogP contribution is -1.93. The third-order valence-corrected chi connectivity index (χ3v) is 3.26. The van der Waals surface area contributed by atoms with Crippen LogP contribution in [0.4, 0.5) is 0 Å². The minimum Gasteiger partial charge on any atom is -0.294 e. The van der Waals surface area contributed by atoms with Gasteiger partial charge < -0.3 is 0 Å². The van der Waals surface area contributed by atoms with Crippen LogP contribution in [0.3, 0.4) is 0 Å². The Labute approximate surface area is 105 Å². The highest BCUT2D eigenvalue weighted by molar-refractivity contribution is 5.96. The van der Waals surface area contributed by atoms with Crippen molar-refractivity contribution >= 4 is 11.7 Å². The summed E-state index contributed by atoms with van der Waals surface area (Å²) in [6.07, 6.45) is 14.9. The van der Waals surface area contributed by atoms with Crippen LogP contribution < -0.4 is 0 Å². The normalized spacial score (nSPS) is 21.5. The van der Waals surface area contributed by atoms with E-state index in [2.05, 4.69) is 10.9 Å². The maximum Gasteiger partial charge on any atom is 0.164 e. The van der Waals surface area contributed by atoms with Crippen molar-refractivity contribution in [2.75, 3.05) is 6.54 Å². The number of allylic oxidation sites excluding steroid dienone is 1. The first-order chi connectivity index (χ1) is 8.39. The molecule has 0 atom stereocenters. The largest absolute Gasteiger partial charge is 0.294 e. The van der Waals surface area contributed by atoms with Gasteiger partial charge in [0.2, 0.25) is 0 Å². The van der Waals surface area contributed by atoms with Crippen LogP contribution in [0.15, 0.2) is 11.1 Å². The molecule has 0 amide bonds. The molecule has 1 aliphatic heterocycles. The van der Waals surface area contributed by atoms with Gasteiger partial charge in [-0.2, -0.15) is 0 Å². The Morgan fingerprint density at radius 3 is 2.00 bits per heavy atom. The predicted molar refractivity (Wildman–Crippen MR) is 72.7 cm³/mol. The van der Waals surface area contributed by atoms with Crippen molar-refractivity contribution in [3.63, 3.8) is 0 Å². The van der Waals surface area contributed by atoms with Crippen molar-refractivity contribution in [2.24, 2.45) is 4.99 Å². The van der Waals surface area contributed by atoms with E-state index in [9.17, 15) is 4.79 Å². The fourth-order valence-electron chi connectivity index (χ4n) is 2.16. The Hall–Kier alpha value is -0.880. The summed E-state index contributed by atoms with van der Waals surface area (Å²) in [5.74, 6) is 2.95. The molecule has 96 valence electrons. The number of ketones is 1. The number of carbonyl (C=O) groups excluding carboxylic acids is 1. The molecule has 0 aromatic heterocycles. The monoisotopic (exact) mass is 235 g/mol. The second-order valence-corrected chi connectivity index (χ2v) is 4.91. The maximum absolute atomic E-state index is 11.4. The molecule has 1 heterocycles. The molecule has 0 saturated heterocycles. The minimum absolute atomic E-state index is 0.181. The van der Waals surface area contributed by atoms with Crippen molar-refractivity contribution in [2.45, 2.75) is 70.6 Å². The molecule has 0 fully saturated rings. The lowest BCUT2D eigenvalue weighted by Gasteiger charge is -2.02. The van der Waals surface area contributed by atoms with Gasteiger partial charge in [0.1, 0.15) is 0 Å². The van der Waals surface area contributed by atoms with Gasteiger partial charge in [0.25, 0.3) is 0 Å². The fourth-order valence-corrected chi connectivity index (χ4v) is 2.16. The highest BCUT2D eigenvalue weighted by atomic mass is 16.1. The standard InChI is InChI=1S/C15H25NO/c17-15-11-9-7-5-3-1-2-4-6-8-10-13-16-14-12-15/h12H,1-11,13H2. The molecule has 0 spiro atoms. The van der Waals surface area contributed by atoms with Crippen LogP contribution in [0.25, 0.3) is 0 Å². The van der Waals surface area contributed by atoms with E-state index in [1.165, 1.54) is 57.4 Å². The lowest BCUT2D eigenvalue weighted by atomic mass is 10.0. The molecule has 0 N–H and O–H groups in total. The molecule has 1 rings (SSSR count). The van der Waals surface area contributed by atoms with E-state index < -0.39 is 0 Å². The Balaban J connectivity index is 2.28. The molecule has 17 heavy (non-hydrogen) atoms. The quantitative estimate of drug-likeness (QED) is 0.622. The number of rotatable bonds is 0. The molecule has 2 nitrogen and oxygen atoms in total. The van der Waals surface area contributed by atoms with Crippen molar-refractivity contribution in [1.29, 1.82) is 0 Å². The molecule has 0 saturated carbocycles. The first-order valence-corrected chi connectivity index (χ1v) is 7.17. The number of carbonyl (C=O) groups is 1. The predicted octanol–water partition coefficient (Wildman–Crippen LogP) is 4.09. The van der Waals surface area contributed by atoms with Gasteiger partial charge >= 0.3 is 0 Å². The number of aliphatic imine (C=N–C) groups is 1. The molecule has 0 aliphatic carbocycles. The molecule has 0 radical (unpaired) electrons. The van der Waals surface area contributed by atoms with Gasteiger partial charge in [0.15, 0.2) is 5.78 Å². The molecule has 0 bridgehead atoms. The van der Waals surface area contributed by atoms with E-state index in [1.807, 2.05) is 0 Å². The van der Waals surface area contributed by atoms with E-state index in [4.69, 9.17) is 0 Å². The summed E-state index contributed by atoms with van der Waals surface area (Å²) in [6, 6.07) is 0. The van der Waals surface area contributed by atoms with Crippen LogP contribution in [0.5, 0.6) is 0 Å². The van der Waals surface area contributed by atoms with Gasteiger partial charge in [-0.3, -0.25) is 4.79 Å². The Morgan fingerprint density at radius 2 is 1.35 bits per heavy atom. The first-order valence-electron chi connectivity index (χ1n) is 7.17. The summed E-state index contributed by atoms with van der Waals surface area (Å²) in [6.45, 7) is 0.823. The van der Waals surface area contributed by atoms with Crippen LogP contribution in [-0.4, -0.2) is 18.2 Å². The number of nitrogens with zero attached hydrogens (tertiary/aromatic N) is 1. The van der Waals surface area contributed by atoms with E-state index in [0.29, 0.717) is 6.42 Å².